The molecule has 0 atom stereocenters. The number of hydrogen-bond acceptors (Lipinski definition) is 5. The Labute approximate surface area is 197 Å². The van der Waals surface area contributed by atoms with E-state index in [2.05, 4.69) is 0 Å². The highest BCUT2D eigenvalue weighted by Gasteiger charge is 2.25. The summed E-state index contributed by atoms with van der Waals surface area (Å²) in [5.74, 6) is -2.14. The standard InChI is InChI=1S/C27H26O7/c1-32-22-7-3-5-19(16-22)24(20-6-4-8-23(17-20)33-2)13-14-34-21-11-9-18(10-12-21)15-25(26(28)29)27(30)31/h3-13,16-17,25H,14-15H2,1-2H3,(H,28,29)(H,30,31). The molecule has 0 aliphatic carbocycles. The maximum atomic E-state index is 11.1. The van der Waals surface area contributed by atoms with Crippen LogP contribution < -0.4 is 14.2 Å². The SMILES string of the molecule is COc1cccc(C(=CCOc2ccc(CC(C(=O)O)C(=O)O)cc2)c2cccc(OC)c2)c1. The van der Waals surface area contributed by atoms with E-state index in [0.717, 1.165) is 28.2 Å². The van der Waals surface area contributed by atoms with Crippen LogP contribution in [0.4, 0.5) is 0 Å². The lowest BCUT2D eigenvalue weighted by Gasteiger charge is -2.13. The van der Waals surface area contributed by atoms with Crippen LogP contribution in [-0.4, -0.2) is 43.0 Å². The van der Waals surface area contributed by atoms with Crippen molar-refractivity contribution in [2.45, 2.75) is 6.42 Å². The van der Waals surface area contributed by atoms with Crippen molar-refractivity contribution in [1.82, 2.24) is 0 Å². The Balaban J connectivity index is 1.79. The van der Waals surface area contributed by atoms with Crippen LogP contribution >= 0.6 is 0 Å². The van der Waals surface area contributed by atoms with Gasteiger partial charge in [0.15, 0.2) is 5.92 Å². The van der Waals surface area contributed by atoms with Gasteiger partial charge in [-0.15, -0.1) is 0 Å². The number of benzene rings is 3. The molecule has 0 fully saturated rings. The quantitative estimate of drug-likeness (QED) is 0.403. The van der Waals surface area contributed by atoms with Crippen LogP contribution in [0, 0.1) is 5.92 Å². The minimum Gasteiger partial charge on any atom is -0.497 e. The zero-order valence-corrected chi connectivity index (χ0v) is 18.9. The lowest BCUT2D eigenvalue weighted by molar-refractivity contribution is -0.154. The Morgan fingerprint density at radius 1 is 0.794 bits per heavy atom. The second-order valence-corrected chi connectivity index (χ2v) is 7.47. The van der Waals surface area contributed by atoms with Gasteiger partial charge in [0.25, 0.3) is 0 Å². The molecular weight excluding hydrogens is 436 g/mol. The van der Waals surface area contributed by atoms with E-state index in [1.807, 2.05) is 54.6 Å². The van der Waals surface area contributed by atoms with Gasteiger partial charge in [-0.05, 0) is 71.2 Å². The van der Waals surface area contributed by atoms with Gasteiger partial charge in [0, 0.05) is 0 Å². The van der Waals surface area contributed by atoms with E-state index in [9.17, 15) is 9.59 Å². The molecule has 7 heteroatoms. The van der Waals surface area contributed by atoms with Gasteiger partial charge in [-0.25, -0.2) is 0 Å². The minimum absolute atomic E-state index is 0.0965. The van der Waals surface area contributed by atoms with E-state index in [-0.39, 0.29) is 13.0 Å². The zero-order valence-electron chi connectivity index (χ0n) is 18.9. The third kappa shape index (κ3) is 6.38. The summed E-state index contributed by atoms with van der Waals surface area (Å²) in [6, 6.07) is 22.2. The van der Waals surface area contributed by atoms with Gasteiger partial charge in [-0.3, -0.25) is 9.59 Å². The molecule has 0 saturated heterocycles. The second-order valence-electron chi connectivity index (χ2n) is 7.47. The third-order valence-electron chi connectivity index (χ3n) is 5.26. The molecule has 0 unspecified atom stereocenters. The van der Waals surface area contributed by atoms with Crippen molar-refractivity contribution in [3.8, 4) is 17.2 Å². The fourth-order valence-electron chi connectivity index (χ4n) is 3.44. The number of aliphatic carboxylic acids is 2. The maximum Gasteiger partial charge on any atom is 0.318 e. The van der Waals surface area contributed by atoms with E-state index in [1.54, 1.807) is 38.5 Å². The largest absolute Gasteiger partial charge is 0.497 e. The Morgan fingerprint density at radius 2 is 1.32 bits per heavy atom. The number of rotatable bonds is 11. The summed E-state index contributed by atoms with van der Waals surface area (Å²) >= 11 is 0. The van der Waals surface area contributed by atoms with Crippen LogP contribution in [0.5, 0.6) is 17.2 Å². The van der Waals surface area contributed by atoms with Gasteiger partial charge in [0.1, 0.15) is 23.9 Å². The molecule has 7 nitrogen and oxygen atoms in total. The molecule has 3 rings (SSSR count). The van der Waals surface area contributed by atoms with Crippen molar-refractivity contribution < 1.29 is 34.0 Å². The third-order valence-corrected chi connectivity index (χ3v) is 5.26. The molecule has 2 N–H and O–H groups in total. The van der Waals surface area contributed by atoms with Gasteiger partial charge in [0.2, 0.25) is 0 Å². The topological polar surface area (TPSA) is 102 Å². The highest BCUT2D eigenvalue weighted by molar-refractivity contribution is 5.93. The summed E-state index contributed by atoms with van der Waals surface area (Å²) in [6.45, 7) is 0.274. The summed E-state index contributed by atoms with van der Waals surface area (Å²) in [7, 11) is 3.24. The molecule has 0 heterocycles. The number of ether oxygens (including phenoxy) is 3. The first-order valence-electron chi connectivity index (χ1n) is 10.6. The molecule has 0 radical (unpaired) electrons. The highest BCUT2D eigenvalue weighted by atomic mass is 16.5. The fraction of sp³-hybridized carbons (Fsp3) is 0.185. The maximum absolute atomic E-state index is 11.1. The highest BCUT2D eigenvalue weighted by Crippen LogP contribution is 2.29. The van der Waals surface area contributed by atoms with Crippen LogP contribution in [0.25, 0.3) is 5.57 Å². The predicted molar refractivity (Wildman–Crippen MR) is 127 cm³/mol. The van der Waals surface area contributed by atoms with Gasteiger partial charge in [-0.1, -0.05) is 36.4 Å². The van der Waals surface area contributed by atoms with Crippen molar-refractivity contribution in [3.05, 3.63) is 95.6 Å². The van der Waals surface area contributed by atoms with Crippen LogP contribution in [-0.2, 0) is 16.0 Å². The van der Waals surface area contributed by atoms with Gasteiger partial charge < -0.3 is 24.4 Å². The molecular formula is C27H26O7. The predicted octanol–water partition coefficient (Wildman–Crippen LogP) is 4.54. The Kier molecular flexibility index (Phi) is 8.29. The van der Waals surface area contributed by atoms with Crippen LogP contribution in [0.1, 0.15) is 16.7 Å². The molecule has 176 valence electrons. The van der Waals surface area contributed by atoms with E-state index in [1.165, 1.54) is 0 Å². The Bertz CT molecular complexity index is 1100. The number of hydrogen-bond donors (Lipinski definition) is 2. The molecule has 0 spiro atoms. The Hall–Kier alpha value is -4.26. The molecule has 0 bridgehead atoms. The van der Waals surface area contributed by atoms with Gasteiger partial charge in [0.05, 0.1) is 14.2 Å². The molecule has 34 heavy (non-hydrogen) atoms. The molecule has 0 saturated carbocycles. The van der Waals surface area contributed by atoms with E-state index in [0.29, 0.717) is 11.3 Å². The lowest BCUT2D eigenvalue weighted by Crippen LogP contribution is -2.25. The van der Waals surface area contributed by atoms with E-state index < -0.39 is 17.9 Å². The van der Waals surface area contributed by atoms with E-state index >= 15 is 0 Å². The average molecular weight is 462 g/mol. The van der Waals surface area contributed by atoms with Crippen LogP contribution in [0.15, 0.2) is 78.9 Å². The monoisotopic (exact) mass is 462 g/mol. The minimum atomic E-state index is -1.48. The molecule has 3 aromatic rings. The van der Waals surface area contributed by atoms with Crippen molar-refractivity contribution in [2.75, 3.05) is 20.8 Å². The van der Waals surface area contributed by atoms with Gasteiger partial charge in [-0.2, -0.15) is 0 Å². The first-order valence-corrected chi connectivity index (χ1v) is 10.6. The molecule has 0 aliphatic rings. The zero-order chi connectivity index (χ0) is 24.5. The first-order chi connectivity index (χ1) is 16.4. The number of methoxy groups -OCH3 is 2. The number of carbonyl (C=O) groups is 2. The van der Waals surface area contributed by atoms with Gasteiger partial charge >= 0.3 is 11.9 Å². The fourth-order valence-corrected chi connectivity index (χ4v) is 3.44. The average Bonchev–Trinajstić information content (AvgIpc) is 2.85. The van der Waals surface area contributed by atoms with E-state index in [4.69, 9.17) is 24.4 Å². The first kappa shape index (κ1) is 24.4. The molecule has 0 amide bonds. The summed E-state index contributed by atoms with van der Waals surface area (Å²) in [6.07, 6.45) is 1.86. The second kappa shape index (κ2) is 11.6. The van der Waals surface area contributed by atoms with Crippen LogP contribution in [0.2, 0.25) is 0 Å². The molecule has 3 aromatic carbocycles. The summed E-state index contributed by atoms with van der Waals surface area (Å²) in [5, 5.41) is 18.1. The van der Waals surface area contributed by atoms with Crippen molar-refractivity contribution >= 4 is 17.5 Å². The number of carboxylic acids is 2. The van der Waals surface area contributed by atoms with Crippen molar-refractivity contribution in [3.63, 3.8) is 0 Å². The smallest absolute Gasteiger partial charge is 0.318 e. The molecule has 0 aromatic heterocycles. The normalized spacial score (nSPS) is 10.4. The molecule has 0 aliphatic heterocycles. The van der Waals surface area contributed by atoms with Crippen LogP contribution in [0.3, 0.4) is 0 Å². The lowest BCUT2D eigenvalue weighted by atomic mass is 9.97. The van der Waals surface area contributed by atoms with Crippen molar-refractivity contribution in [1.29, 1.82) is 0 Å². The summed E-state index contributed by atoms with van der Waals surface area (Å²) < 4.78 is 16.6. The number of carboxylic acid groups (broad SMARTS) is 2. The summed E-state index contributed by atoms with van der Waals surface area (Å²) in [4.78, 5) is 22.2. The summed E-state index contributed by atoms with van der Waals surface area (Å²) in [5.41, 5.74) is 3.46. The van der Waals surface area contributed by atoms with Crippen molar-refractivity contribution in [2.24, 2.45) is 5.92 Å². The Morgan fingerprint density at radius 3 is 1.79 bits per heavy atom.